The Morgan fingerprint density at radius 3 is 2.63 bits per heavy atom. The second-order valence-electron chi connectivity index (χ2n) is 4.31. The summed E-state index contributed by atoms with van der Waals surface area (Å²) < 4.78 is 13.2. The first-order valence-electron chi connectivity index (χ1n) is 6.00. The molecule has 0 N–H and O–H groups in total. The van der Waals surface area contributed by atoms with Crippen LogP contribution in [0.5, 0.6) is 0 Å². The standard InChI is InChI=1S/C12H11ClFN5/c13-11-16-10(8-5-9(14)7-15-6-8)17-12(18-11)19-3-1-2-4-19/h5-7H,1-4H2. The fraction of sp³-hybridized carbons (Fsp3) is 0.333. The number of nitrogens with zero attached hydrogens (tertiary/aromatic N) is 5. The molecule has 1 aliphatic rings. The van der Waals surface area contributed by atoms with Gasteiger partial charge in [-0.2, -0.15) is 15.0 Å². The molecule has 0 spiro atoms. The average Bonchev–Trinajstić information content (AvgIpc) is 2.92. The van der Waals surface area contributed by atoms with E-state index in [2.05, 4.69) is 19.9 Å². The monoisotopic (exact) mass is 279 g/mol. The lowest BCUT2D eigenvalue weighted by Gasteiger charge is -2.15. The molecular weight excluding hydrogens is 269 g/mol. The molecule has 5 nitrogen and oxygen atoms in total. The summed E-state index contributed by atoms with van der Waals surface area (Å²) in [6, 6.07) is 1.33. The van der Waals surface area contributed by atoms with E-state index in [-0.39, 0.29) is 5.28 Å². The fourth-order valence-corrected chi connectivity index (χ4v) is 2.22. The molecule has 0 radical (unpaired) electrons. The van der Waals surface area contributed by atoms with E-state index in [1.807, 2.05) is 4.90 Å². The maximum Gasteiger partial charge on any atom is 0.230 e. The summed E-state index contributed by atoms with van der Waals surface area (Å²) in [5.74, 6) is 0.447. The van der Waals surface area contributed by atoms with Gasteiger partial charge in [0.2, 0.25) is 11.2 Å². The molecule has 0 amide bonds. The number of pyridine rings is 1. The lowest BCUT2D eigenvalue weighted by Crippen LogP contribution is -2.21. The van der Waals surface area contributed by atoms with E-state index in [9.17, 15) is 4.39 Å². The Kier molecular flexibility index (Phi) is 3.25. The van der Waals surface area contributed by atoms with E-state index in [4.69, 9.17) is 11.6 Å². The minimum atomic E-state index is -0.434. The number of hydrogen-bond donors (Lipinski definition) is 0. The molecule has 0 saturated carbocycles. The van der Waals surface area contributed by atoms with Crippen LogP contribution >= 0.6 is 11.6 Å². The number of aromatic nitrogens is 4. The van der Waals surface area contributed by atoms with Gasteiger partial charge >= 0.3 is 0 Å². The summed E-state index contributed by atoms with van der Waals surface area (Å²) in [6.07, 6.45) is 4.86. The van der Waals surface area contributed by atoms with Crippen LogP contribution in [-0.4, -0.2) is 33.0 Å². The van der Waals surface area contributed by atoms with Crippen molar-refractivity contribution in [3.63, 3.8) is 0 Å². The third kappa shape index (κ3) is 2.63. The normalized spacial score (nSPS) is 14.9. The van der Waals surface area contributed by atoms with Gasteiger partial charge in [0.05, 0.1) is 6.20 Å². The maximum atomic E-state index is 13.2. The average molecular weight is 280 g/mol. The SMILES string of the molecule is Fc1cncc(-c2nc(Cl)nc(N3CCCC3)n2)c1. The van der Waals surface area contributed by atoms with Crippen molar-refractivity contribution in [3.05, 3.63) is 29.6 Å². The largest absolute Gasteiger partial charge is 0.341 e. The first kappa shape index (κ1) is 12.2. The van der Waals surface area contributed by atoms with Gasteiger partial charge in [0.1, 0.15) is 5.82 Å². The zero-order valence-electron chi connectivity index (χ0n) is 10.1. The molecule has 98 valence electrons. The van der Waals surface area contributed by atoms with Crippen molar-refractivity contribution in [2.75, 3.05) is 18.0 Å². The maximum absolute atomic E-state index is 13.2. The molecular formula is C12H11ClFN5. The van der Waals surface area contributed by atoms with E-state index in [1.54, 1.807) is 0 Å². The van der Waals surface area contributed by atoms with Crippen molar-refractivity contribution in [2.24, 2.45) is 0 Å². The third-order valence-electron chi connectivity index (χ3n) is 2.95. The molecule has 0 bridgehead atoms. The Morgan fingerprint density at radius 1 is 1.11 bits per heavy atom. The van der Waals surface area contributed by atoms with E-state index < -0.39 is 5.82 Å². The van der Waals surface area contributed by atoms with Crippen LogP contribution < -0.4 is 4.90 Å². The lowest BCUT2D eigenvalue weighted by molar-refractivity contribution is 0.621. The van der Waals surface area contributed by atoms with E-state index in [1.165, 1.54) is 12.3 Å². The summed E-state index contributed by atoms with van der Waals surface area (Å²) in [4.78, 5) is 18.3. The van der Waals surface area contributed by atoms with Crippen LogP contribution in [0.4, 0.5) is 10.3 Å². The first-order chi connectivity index (χ1) is 9.22. The van der Waals surface area contributed by atoms with Crippen molar-refractivity contribution < 1.29 is 4.39 Å². The van der Waals surface area contributed by atoms with Gasteiger partial charge in [0.15, 0.2) is 5.82 Å². The van der Waals surface area contributed by atoms with Gasteiger partial charge in [-0.1, -0.05) is 0 Å². The molecule has 1 fully saturated rings. The van der Waals surface area contributed by atoms with Crippen molar-refractivity contribution in [2.45, 2.75) is 12.8 Å². The molecule has 7 heteroatoms. The van der Waals surface area contributed by atoms with Gasteiger partial charge in [0.25, 0.3) is 0 Å². The zero-order chi connectivity index (χ0) is 13.2. The first-order valence-corrected chi connectivity index (χ1v) is 6.37. The van der Waals surface area contributed by atoms with Crippen molar-refractivity contribution >= 4 is 17.5 Å². The predicted molar refractivity (Wildman–Crippen MR) is 69.5 cm³/mol. The van der Waals surface area contributed by atoms with Gasteiger partial charge in [0, 0.05) is 24.8 Å². The molecule has 1 aliphatic heterocycles. The second-order valence-corrected chi connectivity index (χ2v) is 4.65. The highest BCUT2D eigenvalue weighted by molar-refractivity contribution is 6.28. The van der Waals surface area contributed by atoms with Gasteiger partial charge in [-0.15, -0.1) is 0 Å². The molecule has 3 heterocycles. The number of rotatable bonds is 2. The van der Waals surface area contributed by atoms with Crippen LogP contribution in [-0.2, 0) is 0 Å². The van der Waals surface area contributed by atoms with Crippen molar-refractivity contribution in [3.8, 4) is 11.4 Å². The molecule has 0 atom stereocenters. The Bertz CT molecular complexity index is 600. The summed E-state index contributed by atoms with van der Waals surface area (Å²) in [5.41, 5.74) is 0.491. The van der Waals surface area contributed by atoms with Gasteiger partial charge in [-0.05, 0) is 30.5 Å². The van der Waals surface area contributed by atoms with E-state index in [0.29, 0.717) is 17.3 Å². The zero-order valence-corrected chi connectivity index (χ0v) is 10.8. The van der Waals surface area contributed by atoms with Crippen LogP contribution in [0, 0.1) is 5.82 Å². The molecule has 19 heavy (non-hydrogen) atoms. The Balaban J connectivity index is 2.01. The van der Waals surface area contributed by atoms with Crippen LogP contribution in [0.25, 0.3) is 11.4 Å². The topological polar surface area (TPSA) is 54.8 Å². The highest BCUT2D eigenvalue weighted by Crippen LogP contribution is 2.21. The molecule has 0 aliphatic carbocycles. The molecule has 0 unspecified atom stereocenters. The Labute approximate surface area is 114 Å². The van der Waals surface area contributed by atoms with Gasteiger partial charge in [-0.3, -0.25) is 4.98 Å². The predicted octanol–water partition coefficient (Wildman–Crippen LogP) is 2.33. The van der Waals surface area contributed by atoms with Crippen molar-refractivity contribution in [1.82, 2.24) is 19.9 Å². The summed E-state index contributed by atoms with van der Waals surface area (Å²) in [6.45, 7) is 1.81. The number of anilines is 1. The molecule has 1 saturated heterocycles. The van der Waals surface area contributed by atoms with E-state index in [0.717, 1.165) is 32.1 Å². The van der Waals surface area contributed by atoms with Gasteiger partial charge < -0.3 is 4.90 Å². The number of halogens is 2. The van der Waals surface area contributed by atoms with Crippen LogP contribution in [0.2, 0.25) is 5.28 Å². The summed E-state index contributed by atoms with van der Waals surface area (Å²) in [7, 11) is 0. The molecule has 2 aromatic rings. The van der Waals surface area contributed by atoms with Crippen LogP contribution in [0.3, 0.4) is 0 Å². The summed E-state index contributed by atoms with van der Waals surface area (Å²) >= 11 is 5.92. The smallest absolute Gasteiger partial charge is 0.230 e. The highest BCUT2D eigenvalue weighted by Gasteiger charge is 2.17. The van der Waals surface area contributed by atoms with Gasteiger partial charge in [-0.25, -0.2) is 4.39 Å². The van der Waals surface area contributed by atoms with Crippen molar-refractivity contribution in [1.29, 1.82) is 0 Å². The quantitative estimate of drug-likeness (QED) is 0.844. The second kappa shape index (κ2) is 5.05. The third-order valence-corrected chi connectivity index (χ3v) is 3.12. The highest BCUT2D eigenvalue weighted by atomic mass is 35.5. The lowest BCUT2D eigenvalue weighted by atomic mass is 10.2. The molecule has 0 aromatic carbocycles. The molecule has 2 aromatic heterocycles. The fourth-order valence-electron chi connectivity index (χ4n) is 2.06. The minimum absolute atomic E-state index is 0.108. The number of hydrogen-bond acceptors (Lipinski definition) is 5. The van der Waals surface area contributed by atoms with E-state index >= 15 is 0 Å². The Hall–Kier alpha value is -1.82. The van der Waals surface area contributed by atoms with Crippen LogP contribution in [0.15, 0.2) is 18.5 Å². The summed E-state index contributed by atoms with van der Waals surface area (Å²) in [5, 5.41) is 0.108. The minimum Gasteiger partial charge on any atom is -0.341 e. The van der Waals surface area contributed by atoms with Crippen LogP contribution in [0.1, 0.15) is 12.8 Å². The molecule has 3 rings (SSSR count). The Morgan fingerprint density at radius 2 is 1.89 bits per heavy atom.